The second-order valence-electron chi connectivity index (χ2n) is 5.35. The fraction of sp³-hybridized carbons (Fsp3) is 0.333. The minimum Gasteiger partial charge on any atom is -0.478 e. The van der Waals surface area contributed by atoms with E-state index in [4.69, 9.17) is 5.11 Å². The highest BCUT2D eigenvalue weighted by atomic mass is 32.2. The fourth-order valence-electron chi connectivity index (χ4n) is 2.18. The molecule has 0 atom stereocenters. The average molecular weight is 337 g/mol. The van der Waals surface area contributed by atoms with Crippen molar-refractivity contribution in [3.05, 3.63) is 47.5 Å². The van der Waals surface area contributed by atoms with E-state index < -0.39 is 16.0 Å². The van der Waals surface area contributed by atoms with E-state index in [-0.39, 0.29) is 17.0 Å². The number of hydrogen-bond donors (Lipinski definition) is 1. The van der Waals surface area contributed by atoms with Crippen LogP contribution in [0.4, 0.5) is 0 Å². The number of carboxylic acids is 1. The first-order valence-corrected chi connectivity index (χ1v) is 8.44. The molecule has 0 aliphatic carbocycles. The van der Waals surface area contributed by atoms with Crippen LogP contribution in [0.1, 0.15) is 21.5 Å². The lowest BCUT2D eigenvalue weighted by Crippen LogP contribution is -2.31. The third-order valence-electron chi connectivity index (χ3n) is 3.79. The van der Waals surface area contributed by atoms with Crippen molar-refractivity contribution in [3.8, 4) is 0 Å². The average Bonchev–Trinajstić information content (AvgIpc) is 3.00. The maximum Gasteiger partial charge on any atom is 0.335 e. The number of carboxylic acid groups (broad SMARTS) is 1. The van der Waals surface area contributed by atoms with Crippen LogP contribution in [0.3, 0.4) is 0 Å². The van der Waals surface area contributed by atoms with Crippen molar-refractivity contribution in [1.82, 2.24) is 13.9 Å². The maximum absolute atomic E-state index is 12.7. The van der Waals surface area contributed by atoms with Gasteiger partial charge < -0.3 is 9.67 Å². The molecular weight excluding hydrogens is 318 g/mol. The van der Waals surface area contributed by atoms with Crippen LogP contribution >= 0.6 is 0 Å². The first-order valence-electron chi connectivity index (χ1n) is 7.00. The summed E-state index contributed by atoms with van der Waals surface area (Å²) in [5.74, 6) is -1.15. The van der Waals surface area contributed by atoms with Crippen LogP contribution in [-0.4, -0.2) is 46.9 Å². The van der Waals surface area contributed by atoms with Gasteiger partial charge in [-0.15, -0.1) is 0 Å². The molecule has 0 bridgehead atoms. The summed E-state index contributed by atoms with van der Waals surface area (Å²) in [5, 5.41) is 9.14. The van der Waals surface area contributed by atoms with Crippen LogP contribution < -0.4 is 0 Å². The second kappa shape index (κ2) is 6.51. The highest BCUT2D eigenvalue weighted by molar-refractivity contribution is 7.89. The first-order chi connectivity index (χ1) is 10.7. The molecule has 124 valence electrons. The summed E-state index contributed by atoms with van der Waals surface area (Å²) < 4.78 is 28.5. The van der Waals surface area contributed by atoms with E-state index in [0.717, 1.165) is 0 Å². The number of imidazole rings is 1. The minimum atomic E-state index is -3.77. The maximum atomic E-state index is 12.7. The predicted octanol–water partition coefficient (Wildman–Crippen LogP) is 1.52. The van der Waals surface area contributed by atoms with Crippen molar-refractivity contribution >= 4 is 16.0 Å². The lowest BCUT2D eigenvalue weighted by Gasteiger charge is -2.20. The number of nitrogens with zero attached hydrogens (tertiary/aromatic N) is 3. The van der Waals surface area contributed by atoms with E-state index >= 15 is 0 Å². The predicted molar refractivity (Wildman–Crippen MR) is 84.9 cm³/mol. The summed E-state index contributed by atoms with van der Waals surface area (Å²) in [6.07, 6.45) is 4.99. The Labute approximate surface area is 135 Å². The molecule has 0 fully saturated rings. The Kier molecular flexibility index (Phi) is 4.86. The van der Waals surface area contributed by atoms with Gasteiger partial charge in [0.2, 0.25) is 10.0 Å². The molecule has 1 aromatic carbocycles. The summed E-state index contributed by atoms with van der Waals surface area (Å²) in [5.41, 5.74) is 1.16. The van der Waals surface area contributed by atoms with Gasteiger partial charge in [-0.05, 0) is 37.1 Å². The van der Waals surface area contributed by atoms with Crippen LogP contribution in [0.5, 0.6) is 0 Å². The first kappa shape index (κ1) is 17.2. The number of aromatic carboxylic acids is 1. The normalized spacial score (nSPS) is 11.8. The Bertz CT molecular complexity index is 813. The molecule has 0 spiro atoms. The van der Waals surface area contributed by atoms with Crippen molar-refractivity contribution in [2.45, 2.75) is 25.3 Å². The van der Waals surface area contributed by atoms with Gasteiger partial charge in [0.15, 0.2) is 0 Å². The molecule has 7 nitrogen and oxygen atoms in total. The SMILES string of the molecule is Cc1cc(C(=O)O)cc(S(=O)(=O)N(C)CCn2ccnc2)c1C. The summed E-state index contributed by atoms with van der Waals surface area (Å²) >= 11 is 0. The van der Waals surface area contributed by atoms with E-state index in [9.17, 15) is 13.2 Å². The molecule has 2 rings (SSSR count). The van der Waals surface area contributed by atoms with Gasteiger partial charge in [-0.2, -0.15) is 4.31 Å². The molecule has 0 amide bonds. The topological polar surface area (TPSA) is 92.5 Å². The van der Waals surface area contributed by atoms with Gasteiger partial charge in [0, 0.05) is 32.5 Å². The summed E-state index contributed by atoms with van der Waals surface area (Å²) in [4.78, 5) is 15.1. The number of likely N-dealkylation sites (N-methyl/N-ethyl adjacent to an activating group) is 1. The molecule has 1 N–H and O–H groups in total. The summed E-state index contributed by atoms with van der Waals surface area (Å²) in [7, 11) is -2.28. The zero-order valence-corrected chi connectivity index (χ0v) is 14.0. The Hall–Kier alpha value is -2.19. The minimum absolute atomic E-state index is 0.0306. The van der Waals surface area contributed by atoms with Crippen LogP contribution in [0.25, 0.3) is 0 Å². The molecule has 0 aliphatic heterocycles. The smallest absolute Gasteiger partial charge is 0.335 e. The number of benzene rings is 1. The van der Waals surface area contributed by atoms with Crippen molar-refractivity contribution in [2.75, 3.05) is 13.6 Å². The van der Waals surface area contributed by atoms with Crippen molar-refractivity contribution in [2.24, 2.45) is 0 Å². The zero-order valence-electron chi connectivity index (χ0n) is 13.2. The molecule has 0 saturated carbocycles. The van der Waals surface area contributed by atoms with Gasteiger partial charge in [-0.25, -0.2) is 18.2 Å². The van der Waals surface area contributed by atoms with E-state index in [1.165, 1.54) is 23.5 Å². The monoisotopic (exact) mass is 337 g/mol. The number of carbonyl (C=O) groups is 1. The van der Waals surface area contributed by atoms with Gasteiger partial charge in [-0.3, -0.25) is 0 Å². The van der Waals surface area contributed by atoms with E-state index in [2.05, 4.69) is 4.98 Å². The number of hydrogen-bond acceptors (Lipinski definition) is 4. The molecule has 0 radical (unpaired) electrons. The van der Waals surface area contributed by atoms with Crippen LogP contribution in [0, 0.1) is 13.8 Å². The fourth-order valence-corrected chi connectivity index (χ4v) is 3.66. The highest BCUT2D eigenvalue weighted by Gasteiger charge is 2.25. The molecule has 0 saturated heterocycles. The molecule has 0 aliphatic rings. The number of aromatic nitrogens is 2. The Morgan fingerprint density at radius 2 is 2.04 bits per heavy atom. The van der Waals surface area contributed by atoms with Crippen molar-refractivity contribution in [1.29, 1.82) is 0 Å². The molecule has 23 heavy (non-hydrogen) atoms. The number of aryl methyl sites for hydroxylation is 1. The lowest BCUT2D eigenvalue weighted by molar-refractivity contribution is 0.0696. The third kappa shape index (κ3) is 3.59. The van der Waals surface area contributed by atoms with Crippen molar-refractivity contribution in [3.63, 3.8) is 0 Å². The van der Waals surface area contributed by atoms with Gasteiger partial charge in [0.05, 0.1) is 16.8 Å². The van der Waals surface area contributed by atoms with Crippen LogP contribution in [0.15, 0.2) is 35.7 Å². The van der Waals surface area contributed by atoms with Gasteiger partial charge in [-0.1, -0.05) is 0 Å². The lowest BCUT2D eigenvalue weighted by atomic mass is 10.1. The molecular formula is C15H19N3O4S. The van der Waals surface area contributed by atoms with Gasteiger partial charge >= 0.3 is 5.97 Å². The highest BCUT2D eigenvalue weighted by Crippen LogP contribution is 2.24. The largest absolute Gasteiger partial charge is 0.478 e. The molecule has 1 heterocycles. The Balaban J connectivity index is 2.32. The van der Waals surface area contributed by atoms with E-state index in [1.54, 1.807) is 37.1 Å². The van der Waals surface area contributed by atoms with E-state index in [1.807, 2.05) is 0 Å². The Morgan fingerprint density at radius 3 is 2.61 bits per heavy atom. The second-order valence-corrected chi connectivity index (χ2v) is 7.36. The third-order valence-corrected chi connectivity index (χ3v) is 5.77. The van der Waals surface area contributed by atoms with Crippen molar-refractivity contribution < 1.29 is 18.3 Å². The quantitative estimate of drug-likeness (QED) is 0.863. The standard InChI is InChI=1S/C15H19N3O4S/c1-11-8-13(15(19)20)9-14(12(11)2)23(21,22)17(3)6-7-18-5-4-16-10-18/h4-5,8-10H,6-7H2,1-3H3,(H,19,20). The Morgan fingerprint density at radius 1 is 1.35 bits per heavy atom. The van der Waals surface area contributed by atoms with Gasteiger partial charge in [0.25, 0.3) is 0 Å². The summed E-state index contributed by atoms with van der Waals surface area (Å²) in [6.45, 7) is 4.10. The molecule has 1 aromatic heterocycles. The van der Waals surface area contributed by atoms with E-state index in [0.29, 0.717) is 17.7 Å². The van der Waals surface area contributed by atoms with Crippen LogP contribution in [-0.2, 0) is 16.6 Å². The van der Waals surface area contributed by atoms with Crippen LogP contribution in [0.2, 0.25) is 0 Å². The zero-order chi connectivity index (χ0) is 17.2. The molecule has 0 unspecified atom stereocenters. The molecule has 8 heteroatoms. The van der Waals surface area contributed by atoms with Gasteiger partial charge in [0.1, 0.15) is 0 Å². The summed E-state index contributed by atoms with van der Waals surface area (Å²) in [6, 6.07) is 2.69. The number of sulfonamides is 1. The number of rotatable bonds is 6. The molecule has 2 aromatic rings.